The van der Waals surface area contributed by atoms with E-state index in [1.807, 2.05) is 13.0 Å². The molecule has 46 heavy (non-hydrogen) atoms. The standard InChI is InChI=1S/C38H49FO7/c1-33(2)27-10-13-38(7)29(36(27,5)12-11-28(33)46-31(43)22-9-8-21(39)18-23(22)30(41)42)26(40)19-24-25-20-35(4,32(44)45)15-14-34(25,3)16-17-37(24,38)6/h8-9,18-19,25,27-29H,10-17,20H2,1-7H3,(H,41,42)(H,44,45)/t25-,27?,28-,29?,34+,35-,36-,37?,38+/m0/s1. The van der Waals surface area contributed by atoms with Crippen LogP contribution in [0.3, 0.4) is 0 Å². The molecule has 6 rings (SSSR count). The number of aromatic carboxylic acids is 1. The Bertz CT molecular complexity index is 1560. The molecule has 3 unspecified atom stereocenters. The summed E-state index contributed by atoms with van der Waals surface area (Å²) in [4.78, 5) is 52.1. The van der Waals surface area contributed by atoms with Crippen LogP contribution < -0.4 is 0 Å². The van der Waals surface area contributed by atoms with Crippen molar-refractivity contribution >= 4 is 23.7 Å². The highest BCUT2D eigenvalue weighted by molar-refractivity contribution is 6.02. The minimum Gasteiger partial charge on any atom is -0.481 e. The number of rotatable bonds is 4. The predicted molar refractivity (Wildman–Crippen MR) is 170 cm³/mol. The lowest BCUT2D eigenvalue weighted by molar-refractivity contribution is -0.202. The van der Waals surface area contributed by atoms with Gasteiger partial charge in [0.1, 0.15) is 11.9 Å². The zero-order valence-corrected chi connectivity index (χ0v) is 28.3. The van der Waals surface area contributed by atoms with Gasteiger partial charge in [0.05, 0.1) is 16.5 Å². The van der Waals surface area contributed by atoms with Crippen LogP contribution in [0.2, 0.25) is 0 Å². The molecule has 5 aliphatic rings. The van der Waals surface area contributed by atoms with Crippen LogP contribution in [0.15, 0.2) is 29.8 Å². The quantitative estimate of drug-likeness (QED) is 0.321. The van der Waals surface area contributed by atoms with Crippen molar-refractivity contribution in [3.8, 4) is 0 Å². The van der Waals surface area contributed by atoms with Crippen molar-refractivity contribution in [3.05, 3.63) is 46.8 Å². The molecule has 0 bridgehead atoms. The zero-order valence-electron chi connectivity index (χ0n) is 28.3. The van der Waals surface area contributed by atoms with Gasteiger partial charge in [-0.25, -0.2) is 14.0 Å². The highest BCUT2D eigenvalue weighted by atomic mass is 19.1. The second kappa shape index (κ2) is 10.2. The number of hydrogen-bond acceptors (Lipinski definition) is 5. The highest BCUT2D eigenvalue weighted by Gasteiger charge is 2.70. The van der Waals surface area contributed by atoms with Gasteiger partial charge in [0.2, 0.25) is 0 Å². The molecule has 0 spiro atoms. The number of halogens is 1. The van der Waals surface area contributed by atoms with Crippen molar-refractivity contribution in [2.45, 2.75) is 112 Å². The Labute approximate surface area is 271 Å². The van der Waals surface area contributed by atoms with Gasteiger partial charge in [0, 0.05) is 11.3 Å². The summed E-state index contributed by atoms with van der Waals surface area (Å²) < 4.78 is 19.9. The molecular weight excluding hydrogens is 587 g/mol. The molecule has 0 aromatic heterocycles. The van der Waals surface area contributed by atoms with E-state index in [0.29, 0.717) is 25.7 Å². The summed E-state index contributed by atoms with van der Waals surface area (Å²) in [5.74, 6) is -3.61. The van der Waals surface area contributed by atoms with E-state index in [1.165, 1.54) is 11.6 Å². The molecule has 8 heteroatoms. The first kappa shape index (κ1) is 32.9. The molecule has 2 N–H and O–H groups in total. The number of allylic oxidation sites excluding steroid dienone is 2. The Morgan fingerprint density at radius 2 is 1.54 bits per heavy atom. The van der Waals surface area contributed by atoms with Crippen LogP contribution >= 0.6 is 0 Å². The van der Waals surface area contributed by atoms with Gasteiger partial charge in [-0.2, -0.15) is 0 Å². The van der Waals surface area contributed by atoms with Gasteiger partial charge in [-0.05, 0) is 122 Å². The fourth-order valence-electron chi connectivity index (χ4n) is 11.6. The fraction of sp³-hybridized carbons (Fsp3) is 0.684. The molecule has 0 radical (unpaired) electrons. The number of hydrogen-bond donors (Lipinski definition) is 2. The lowest BCUT2D eigenvalue weighted by Gasteiger charge is -2.70. The van der Waals surface area contributed by atoms with E-state index in [4.69, 9.17) is 4.74 Å². The smallest absolute Gasteiger partial charge is 0.339 e. The Morgan fingerprint density at radius 1 is 0.870 bits per heavy atom. The third-order valence-electron chi connectivity index (χ3n) is 14.7. The van der Waals surface area contributed by atoms with Crippen LogP contribution in [-0.2, 0) is 14.3 Å². The van der Waals surface area contributed by atoms with Crippen LogP contribution in [0.4, 0.5) is 4.39 Å². The molecule has 0 saturated heterocycles. The van der Waals surface area contributed by atoms with Gasteiger partial charge >= 0.3 is 17.9 Å². The second-order valence-corrected chi connectivity index (χ2v) is 17.3. The molecule has 0 aliphatic heterocycles. The monoisotopic (exact) mass is 636 g/mol. The van der Waals surface area contributed by atoms with Crippen molar-refractivity contribution in [2.24, 2.45) is 50.2 Å². The minimum atomic E-state index is -1.39. The Hall–Kier alpha value is -3.03. The third kappa shape index (κ3) is 4.40. The Morgan fingerprint density at radius 3 is 2.20 bits per heavy atom. The van der Waals surface area contributed by atoms with Crippen molar-refractivity contribution < 1.29 is 38.5 Å². The average molecular weight is 637 g/mol. The summed E-state index contributed by atoms with van der Waals surface area (Å²) in [5.41, 5.74) is -1.63. The number of fused-ring (bicyclic) bond motifs is 7. The first-order chi connectivity index (χ1) is 21.2. The van der Waals surface area contributed by atoms with E-state index in [9.17, 15) is 33.8 Å². The van der Waals surface area contributed by atoms with Gasteiger partial charge in [-0.15, -0.1) is 0 Å². The average Bonchev–Trinajstić information content (AvgIpc) is 2.96. The molecule has 250 valence electrons. The predicted octanol–water partition coefficient (Wildman–Crippen LogP) is 8.11. The third-order valence-corrected chi connectivity index (χ3v) is 14.7. The molecule has 0 heterocycles. The topological polar surface area (TPSA) is 118 Å². The Balaban J connectivity index is 1.33. The van der Waals surface area contributed by atoms with E-state index in [0.717, 1.165) is 44.2 Å². The molecule has 1 aromatic rings. The summed E-state index contributed by atoms with van der Waals surface area (Å²) in [5, 5.41) is 19.8. The maximum atomic E-state index is 14.6. The normalized spacial score (nSPS) is 42.8. The first-order valence-corrected chi connectivity index (χ1v) is 17.0. The number of carboxylic acids is 2. The van der Waals surface area contributed by atoms with Crippen molar-refractivity contribution in [1.82, 2.24) is 0 Å². The number of ketones is 1. The number of esters is 1. The van der Waals surface area contributed by atoms with Crippen LogP contribution in [0.25, 0.3) is 0 Å². The van der Waals surface area contributed by atoms with Crippen LogP contribution in [-0.4, -0.2) is 40.0 Å². The van der Waals surface area contributed by atoms with Gasteiger partial charge in [-0.3, -0.25) is 9.59 Å². The number of carboxylic acid groups (broad SMARTS) is 2. The lowest BCUT2D eigenvalue weighted by Crippen LogP contribution is -2.66. The van der Waals surface area contributed by atoms with E-state index < -0.39 is 46.2 Å². The molecular formula is C38H49FO7. The summed E-state index contributed by atoms with van der Waals surface area (Å²) in [7, 11) is 0. The number of carbonyl (C=O) groups excluding carboxylic acids is 2. The summed E-state index contributed by atoms with van der Waals surface area (Å²) in [6.45, 7) is 15.3. The molecule has 5 aliphatic carbocycles. The van der Waals surface area contributed by atoms with Crippen molar-refractivity contribution in [3.63, 3.8) is 0 Å². The van der Waals surface area contributed by atoms with Crippen molar-refractivity contribution in [2.75, 3.05) is 0 Å². The van der Waals surface area contributed by atoms with Crippen LogP contribution in [0.5, 0.6) is 0 Å². The Kier molecular flexibility index (Phi) is 7.32. The van der Waals surface area contributed by atoms with E-state index in [2.05, 4.69) is 41.5 Å². The van der Waals surface area contributed by atoms with E-state index >= 15 is 0 Å². The number of carbonyl (C=O) groups is 4. The molecule has 0 amide bonds. The molecule has 7 nitrogen and oxygen atoms in total. The van der Waals surface area contributed by atoms with E-state index in [-0.39, 0.29) is 50.8 Å². The largest absolute Gasteiger partial charge is 0.481 e. The minimum absolute atomic E-state index is 0.0140. The number of aliphatic carboxylic acids is 1. The first-order valence-electron chi connectivity index (χ1n) is 17.0. The number of benzene rings is 1. The van der Waals surface area contributed by atoms with Gasteiger partial charge < -0.3 is 14.9 Å². The summed E-state index contributed by atoms with van der Waals surface area (Å²) in [6, 6.07) is 3.07. The van der Waals surface area contributed by atoms with Crippen molar-refractivity contribution in [1.29, 1.82) is 0 Å². The number of ether oxygens (including phenoxy) is 1. The van der Waals surface area contributed by atoms with E-state index in [1.54, 1.807) is 0 Å². The zero-order chi connectivity index (χ0) is 33.8. The molecule has 4 fully saturated rings. The van der Waals surface area contributed by atoms with Crippen LogP contribution in [0, 0.1) is 56.1 Å². The highest BCUT2D eigenvalue weighted by Crippen LogP contribution is 2.75. The lowest BCUT2D eigenvalue weighted by atomic mass is 9.33. The van der Waals surface area contributed by atoms with Gasteiger partial charge in [0.15, 0.2) is 5.78 Å². The molecule has 1 aromatic carbocycles. The van der Waals surface area contributed by atoms with Crippen LogP contribution in [0.1, 0.15) is 127 Å². The SMILES string of the molecule is CC1(C)C2CC[C@]3(C)C(C(=O)C=C4[C@@H]5C[C@@](C)(C(=O)O)CC[C@]5(C)CCC43C)[C@@]2(C)CC[C@@H]1OC(=O)c1ccc(F)cc1C(=O)O. The van der Waals surface area contributed by atoms with Gasteiger partial charge in [-0.1, -0.05) is 47.1 Å². The summed E-state index contributed by atoms with van der Waals surface area (Å²) in [6.07, 6.45) is 8.40. The molecule has 9 atom stereocenters. The fourth-order valence-corrected chi connectivity index (χ4v) is 11.6. The van der Waals surface area contributed by atoms with Gasteiger partial charge in [0.25, 0.3) is 0 Å². The second-order valence-electron chi connectivity index (χ2n) is 17.3. The summed E-state index contributed by atoms with van der Waals surface area (Å²) >= 11 is 0. The maximum absolute atomic E-state index is 14.6. The molecule has 4 saturated carbocycles. The maximum Gasteiger partial charge on any atom is 0.339 e.